The number of allylic oxidation sites excluding steroid dienone is 1. The number of hydrogen-bond donors (Lipinski definition) is 0. The molecule has 0 aliphatic heterocycles. The van der Waals surface area contributed by atoms with Crippen molar-refractivity contribution >= 4 is 31.8 Å². The summed E-state index contributed by atoms with van der Waals surface area (Å²) in [5.74, 6) is 0. The standard InChI is InChI=1S/C24H27PSi/c1-20(24(26(2,3)4)21-14-8-5-9-15-21)25(22-16-10-6-11-17-22)23-18-12-7-13-19-23/h5-19H,1-4H3/b24-20+. The predicted molar refractivity (Wildman–Crippen MR) is 121 cm³/mol. The topological polar surface area (TPSA) is 0 Å². The zero-order valence-electron chi connectivity index (χ0n) is 16.1. The van der Waals surface area contributed by atoms with E-state index in [1.807, 2.05) is 0 Å². The maximum Gasteiger partial charge on any atom is 0.0788 e. The van der Waals surface area contributed by atoms with Crippen molar-refractivity contribution in [2.75, 3.05) is 0 Å². The van der Waals surface area contributed by atoms with Crippen LogP contribution in [0.3, 0.4) is 0 Å². The summed E-state index contributed by atoms with van der Waals surface area (Å²) < 4.78 is 0. The van der Waals surface area contributed by atoms with Gasteiger partial charge in [0.25, 0.3) is 0 Å². The highest BCUT2D eigenvalue weighted by Gasteiger charge is 2.27. The molecule has 0 bridgehead atoms. The summed E-state index contributed by atoms with van der Waals surface area (Å²) in [6, 6.07) is 33.0. The van der Waals surface area contributed by atoms with Gasteiger partial charge >= 0.3 is 0 Å². The van der Waals surface area contributed by atoms with E-state index in [-0.39, 0.29) is 0 Å². The van der Waals surface area contributed by atoms with Crippen LogP contribution in [0.4, 0.5) is 0 Å². The summed E-state index contributed by atoms with van der Waals surface area (Å²) >= 11 is 0. The van der Waals surface area contributed by atoms with E-state index in [0.29, 0.717) is 0 Å². The Morgan fingerprint density at radius 2 is 1.00 bits per heavy atom. The first-order valence-electron chi connectivity index (χ1n) is 9.15. The second-order valence-electron chi connectivity index (χ2n) is 7.58. The summed E-state index contributed by atoms with van der Waals surface area (Å²) in [4.78, 5) is 0. The van der Waals surface area contributed by atoms with Crippen molar-refractivity contribution < 1.29 is 0 Å². The van der Waals surface area contributed by atoms with Crippen LogP contribution >= 0.6 is 7.92 Å². The van der Waals surface area contributed by atoms with Crippen molar-refractivity contribution in [1.82, 2.24) is 0 Å². The Bertz CT molecular complexity index is 823. The minimum Gasteiger partial charge on any atom is -0.0656 e. The highest BCUT2D eigenvalue weighted by Crippen LogP contribution is 2.48. The molecular formula is C24H27PSi. The summed E-state index contributed by atoms with van der Waals surface area (Å²) in [5, 5.41) is 6.00. The van der Waals surface area contributed by atoms with Crippen LogP contribution in [0.1, 0.15) is 12.5 Å². The Balaban J connectivity index is 2.26. The molecule has 0 amide bonds. The molecule has 0 N–H and O–H groups in total. The normalized spacial score (nSPS) is 12.8. The van der Waals surface area contributed by atoms with E-state index >= 15 is 0 Å². The lowest BCUT2D eigenvalue weighted by molar-refractivity contribution is 1.57. The molecule has 3 aromatic rings. The van der Waals surface area contributed by atoms with Crippen molar-refractivity contribution in [2.45, 2.75) is 26.6 Å². The molecule has 0 aliphatic rings. The zero-order chi connectivity index (χ0) is 18.6. The molecule has 0 saturated carbocycles. The van der Waals surface area contributed by atoms with Gasteiger partial charge in [-0.1, -0.05) is 111 Å². The molecule has 0 atom stereocenters. The summed E-state index contributed by atoms with van der Waals surface area (Å²) in [6.07, 6.45) is 0. The van der Waals surface area contributed by atoms with Crippen molar-refractivity contribution in [3.8, 4) is 0 Å². The van der Waals surface area contributed by atoms with E-state index in [0.717, 1.165) is 0 Å². The van der Waals surface area contributed by atoms with Crippen LogP contribution in [0, 0.1) is 0 Å². The first-order chi connectivity index (χ1) is 12.5. The molecule has 0 radical (unpaired) electrons. The zero-order valence-corrected chi connectivity index (χ0v) is 18.0. The summed E-state index contributed by atoms with van der Waals surface area (Å²) in [5.41, 5.74) is 1.39. The Morgan fingerprint density at radius 1 is 0.615 bits per heavy atom. The molecule has 2 heteroatoms. The second kappa shape index (κ2) is 8.16. The largest absolute Gasteiger partial charge is 0.0788 e. The second-order valence-corrected chi connectivity index (χ2v) is 15.0. The van der Waals surface area contributed by atoms with E-state index in [9.17, 15) is 0 Å². The quantitative estimate of drug-likeness (QED) is 0.357. The molecule has 132 valence electrons. The van der Waals surface area contributed by atoms with E-state index in [1.54, 1.807) is 10.5 Å². The van der Waals surface area contributed by atoms with Crippen molar-refractivity contribution in [1.29, 1.82) is 0 Å². The van der Waals surface area contributed by atoms with Gasteiger partial charge in [-0.3, -0.25) is 0 Å². The van der Waals surface area contributed by atoms with Gasteiger partial charge in [0, 0.05) is 0 Å². The fourth-order valence-corrected chi connectivity index (χ4v) is 9.42. The molecule has 0 aromatic heterocycles. The van der Waals surface area contributed by atoms with Gasteiger partial charge in [-0.05, 0) is 41.5 Å². The third-order valence-corrected chi connectivity index (χ3v) is 9.44. The number of hydrogen-bond acceptors (Lipinski definition) is 0. The maximum absolute atomic E-state index is 2.46. The van der Waals surface area contributed by atoms with Crippen LogP contribution in [0.15, 0.2) is 96.3 Å². The molecule has 0 fully saturated rings. The van der Waals surface area contributed by atoms with Gasteiger partial charge in [0.15, 0.2) is 0 Å². The third kappa shape index (κ3) is 4.23. The monoisotopic (exact) mass is 374 g/mol. The Hall–Kier alpha value is -1.95. The SMILES string of the molecule is C/C(=C(/c1ccccc1)[Si](C)(C)C)P(c1ccccc1)c1ccccc1. The lowest BCUT2D eigenvalue weighted by atomic mass is 10.2. The van der Waals surface area contributed by atoms with Crippen molar-refractivity contribution in [3.05, 3.63) is 102 Å². The van der Waals surface area contributed by atoms with Crippen LogP contribution in [0.25, 0.3) is 5.20 Å². The molecule has 26 heavy (non-hydrogen) atoms. The van der Waals surface area contributed by atoms with Crippen molar-refractivity contribution in [3.63, 3.8) is 0 Å². The predicted octanol–water partition coefficient (Wildman–Crippen LogP) is 6.43. The Morgan fingerprint density at radius 3 is 1.38 bits per heavy atom. The van der Waals surface area contributed by atoms with Gasteiger partial charge in [0.1, 0.15) is 0 Å². The number of benzene rings is 3. The summed E-state index contributed by atoms with van der Waals surface area (Å²) in [6.45, 7) is 9.75. The molecule has 0 heterocycles. The van der Waals surface area contributed by atoms with E-state index in [4.69, 9.17) is 0 Å². The molecule has 0 spiro atoms. The Labute approximate surface area is 160 Å². The minimum atomic E-state index is -1.52. The van der Waals surface area contributed by atoms with Crippen LogP contribution in [0.2, 0.25) is 19.6 Å². The molecule has 0 nitrogen and oxygen atoms in total. The molecule has 0 saturated heterocycles. The van der Waals surface area contributed by atoms with Gasteiger partial charge in [-0.25, -0.2) is 0 Å². The third-order valence-electron chi connectivity index (χ3n) is 4.54. The molecule has 3 aromatic carbocycles. The van der Waals surface area contributed by atoms with E-state index in [2.05, 4.69) is 118 Å². The van der Waals surface area contributed by atoms with Crippen LogP contribution in [-0.4, -0.2) is 8.07 Å². The first kappa shape index (κ1) is 18.8. The molecule has 0 unspecified atom stereocenters. The fraction of sp³-hybridized carbons (Fsp3) is 0.167. The van der Waals surface area contributed by atoms with Gasteiger partial charge < -0.3 is 0 Å². The van der Waals surface area contributed by atoms with Crippen LogP contribution in [0.5, 0.6) is 0 Å². The average molecular weight is 375 g/mol. The lowest BCUT2D eigenvalue weighted by Gasteiger charge is -2.29. The maximum atomic E-state index is 2.46. The molecule has 3 rings (SSSR count). The van der Waals surface area contributed by atoms with Crippen LogP contribution in [-0.2, 0) is 0 Å². The van der Waals surface area contributed by atoms with Crippen molar-refractivity contribution in [2.24, 2.45) is 0 Å². The minimum absolute atomic E-state index is 0.525. The average Bonchev–Trinajstić information content (AvgIpc) is 2.63. The smallest absolute Gasteiger partial charge is 0.0656 e. The van der Waals surface area contributed by atoms with Gasteiger partial charge in [0.2, 0.25) is 0 Å². The first-order valence-corrected chi connectivity index (χ1v) is 14.0. The van der Waals surface area contributed by atoms with Gasteiger partial charge in [-0.15, -0.1) is 0 Å². The summed E-state index contributed by atoms with van der Waals surface area (Å²) in [7, 11) is -2.05. The van der Waals surface area contributed by atoms with Gasteiger partial charge in [-0.2, -0.15) is 0 Å². The lowest BCUT2D eigenvalue weighted by Crippen LogP contribution is -2.25. The fourth-order valence-electron chi connectivity index (χ4n) is 3.59. The van der Waals surface area contributed by atoms with Crippen LogP contribution < -0.4 is 10.6 Å². The highest BCUT2D eigenvalue weighted by molar-refractivity contribution is 7.77. The Kier molecular flexibility index (Phi) is 5.91. The number of rotatable bonds is 5. The molecule has 0 aliphatic carbocycles. The van der Waals surface area contributed by atoms with Gasteiger partial charge in [0.05, 0.1) is 8.07 Å². The highest BCUT2D eigenvalue weighted by atomic mass is 31.1. The van der Waals surface area contributed by atoms with E-state index < -0.39 is 16.0 Å². The van der Waals surface area contributed by atoms with E-state index in [1.165, 1.54) is 16.2 Å². The molecular weight excluding hydrogens is 347 g/mol.